The number of nitrogens with zero attached hydrogens (tertiary/aromatic N) is 3. The lowest BCUT2D eigenvalue weighted by atomic mass is 9.80. The third kappa shape index (κ3) is 5.43. The summed E-state index contributed by atoms with van der Waals surface area (Å²) in [6.07, 6.45) is 1.88. The highest BCUT2D eigenvalue weighted by atomic mass is 32.2. The van der Waals surface area contributed by atoms with Crippen LogP contribution in [0.5, 0.6) is 0 Å². The lowest BCUT2D eigenvalue weighted by molar-refractivity contribution is -0.169. The van der Waals surface area contributed by atoms with Crippen LogP contribution in [0.15, 0.2) is 49.2 Å². The fourth-order valence-electron chi connectivity index (χ4n) is 5.32. The van der Waals surface area contributed by atoms with E-state index in [9.17, 15) is 24.3 Å². The van der Waals surface area contributed by atoms with E-state index >= 15 is 0 Å². The van der Waals surface area contributed by atoms with Gasteiger partial charge in [0.1, 0.15) is 31.6 Å². The van der Waals surface area contributed by atoms with Crippen LogP contribution >= 0.6 is 11.8 Å². The van der Waals surface area contributed by atoms with Crippen molar-refractivity contribution < 1.29 is 43.2 Å². The van der Waals surface area contributed by atoms with E-state index in [0.717, 1.165) is 0 Å². The molecular weight excluding hydrogens is 530 g/mol. The molecular formula is C26H33N3O9S. The maximum Gasteiger partial charge on any atom is 0.429 e. The molecule has 4 aliphatic rings. The first-order valence-electron chi connectivity index (χ1n) is 12.7. The number of aliphatic hydroxyl groups is 1. The molecule has 39 heavy (non-hydrogen) atoms. The molecule has 0 radical (unpaired) electrons. The van der Waals surface area contributed by atoms with Crippen LogP contribution in [0, 0.1) is 5.92 Å². The topological polar surface area (TPSA) is 135 Å². The first-order chi connectivity index (χ1) is 18.7. The summed E-state index contributed by atoms with van der Waals surface area (Å²) < 4.78 is 21.7. The minimum atomic E-state index is -0.916. The van der Waals surface area contributed by atoms with Gasteiger partial charge in [0, 0.05) is 22.7 Å². The largest absolute Gasteiger partial charge is 0.457 e. The number of fused-ring (bicyclic) bond motifs is 3. The van der Waals surface area contributed by atoms with Crippen molar-refractivity contribution in [1.29, 1.82) is 0 Å². The summed E-state index contributed by atoms with van der Waals surface area (Å²) in [6.45, 7) is 12.8. The molecule has 0 aliphatic carbocycles. The average molecular weight is 564 g/mol. The summed E-state index contributed by atoms with van der Waals surface area (Å²) in [5.41, 5.74) is 0.753. The van der Waals surface area contributed by atoms with E-state index < -0.39 is 42.3 Å². The number of amides is 3. The van der Waals surface area contributed by atoms with Crippen molar-refractivity contribution in [3.8, 4) is 0 Å². The van der Waals surface area contributed by atoms with Crippen LogP contribution in [0.2, 0.25) is 0 Å². The maximum absolute atomic E-state index is 13.1. The Morgan fingerprint density at radius 1 is 1.05 bits per heavy atom. The van der Waals surface area contributed by atoms with Crippen LogP contribution in [-0.2, 0) is 28.5 Å². The summed E-state index contributed by atoms with van der Waals surface area (Å²) in [5.74, 6) is -1.72. The number of carbonyl (C=O) groups is 4. The van der Waals surface area contributed by atoms with Crippen molar-refractivity contribution in [3.63, 3.8) is 0 Å². The summed E-state index contributed by atoms with van der Waals surface area (Å²) in [7, 11) is 0. The summed E-state index contributed by atoms with van der Waals surface area (Å²) in [4.78, 5) is 52.9. The molecule has 0 aromatic rings. The quantitative estimate of drug-likeness (QED) is 0.181. The zero-order chi connectivity index (χ0) is 28.3. The highest BCUT2D eigenvalue weighted by Crippen LogP contribution is 2.51. The molecule has 0 spiro atoms. The smallest absolute Gasteiger partial charge is 0.429 e. The Labute approximate surface area is 230 Å². The third-order valence-electron chi connectivity index (χ3n) is 6.86. The number of esters is 1. The molecule has 4 heterocycles. The Morgan fingerprint density at radius 3 is 2.15 bits per heavy atom. The molecule has 4 aliphatic heterocycles. The second kappa shape index (κ2) is 12.3. The van der Waals surface area contributed by atoms with Crippen LogP contribution in [-0.4, -0.2) is 112 Å². The number of aliphatic hydroxyl groups excluding tert-OH is 1. The molecule has 5 atom stereocenters. The Bertz CT molecular complexity index is 1040. The Hall–Kier alpha value is -3.29. The standard InChI is InChI=1S/C26H33N3O9S/c1-5-9-36-24(32)21-19-17(8-12-35-22(19)20-18(15(4)30)23(31)29(20)21)39-16-13-27(25(33)37-10-6-2)28(14-16)26(34)38-11-7-3/h5-7,15-18,20,22,30H,1-3,8-14H2,4H3/t15-,17?,18-,20+,22+/m1/s1. The van der Waals surface area contributed by atoms with E-state index in [1.165, 1.54) is 44.9 Å². The first-order valence-corrected chi connectivity index (χ1v) is 13.6. The SMILES string of the molecule is C=CCOC(=O)C1=C2C(SC3CN(C(=O)OCC=C)N(C(=O)OCC=C)C3)CCO[C@@H]2[C@@H]2[C@@H]([C@@H](C)O)C(=O)N12. The normalized spacial score (nSPS) is 26.8. The number of rotatable bonds is 10. The van der Waals surface area contributed by atoms with E-state index in [-0.39, 0.29) is 55.0 Å². The van der Waals surface area contributed by atoms with Crippen molar-refractivity contribution in [2.24, 2.45) is 5.92 Å². The van der Waals surface area contributed by atoms with E-state index in [4.69, 9.17) is 18.9 Å². The Balaban J connectivity index is 1.59. The predicted octanol–water partition coefficient (Wildman–Crippen LogP) is 1.63. The molecule has 212 valence electrons. The fourth-order valence-corrected chi connectivity index (χ4v) is 6.87. The molecule has 0 aromatic carbocycles. The highest BCUT2D eigenvalue weighted by molar-refractivity contribution is 8.00. The number of hydrazine groups is 1. The molecule has 12 nitrogen and oxygen atoms in total. The monoisotopic (exact) mass is 563 g/mol. The summed E-state index contributed by atoms with van der Waals surface area (Å²) in [5, 5.41) is 12.1. The number of ether oxygens (including phenoxy) is 4. The molecule has 4 rings (SSSR count). The lowest BCUT2D eigenvalue weighted by Gasteiger charge is -2.47. The van der Waals surface area contributed by atoms with Gasteiger partial charge >= 0.3 is 18.2 Å². The molecule has 0 saturated carbocycles. The minimum Gasteiger partial charge on any atom is -0.457 e. The van der Waals surface area contributed by atoms with Gasteiger partial charge in [0.2, 0.25) is 5.91 Å². The second-order valence-corrected chi connectivity index (χ2v) is 10.9. The second-order valence-electron chi connectivity index (χ2n) is 9.38. The van der Waals surface area contributed by atoms with Crippen LogP contribution in [0.4, 0.5) is 9.59 Å². The van der Waals surface area contributed by atoms with E-state index in [1.54, 1.807) is 6.92 Å². The number of carbonyl (C=O) groups excluding carboxylic acids is 4. The van der Waals surface area contributed by atoms with Crippen molar-refractivity contribution in [3.05, 3.63) is 49.2 Å². The van der Waals surface area contributed by atoms with Crippen molar-refractivity contribution in [2.75, 3.05) is 39.5 Å². The zero-order valence-electron chi connectivity index (χ0n) is 21.7. The molecule has 0 aromatic heterocycles. The molecule has 3 amide bonds. The average Bonchev–Trinajstić information content (AvgIpc) is 3.46. The van der Waals surface area contributed by atoms with Crippen LogP contribution in [0.3, 0.4) is 0 Å². The van der Waals surface area contributed by atoms with E-state index in [2.05, 4.69) is 19.7 Å². The van der Waals surface area contributed by atoms with Gasteiger partial charge in [-0.2, -0.15) is 0 Å². The van der Waals surface area contributed by atoms with Crippen LogP contribution < -0.4 is 0 Å². The number of thioether (sulfide) groups is 1. The van der Waals surface area contributed by atoms with Gasteiger partial charge in [-0.3, -0.25) is 9.69 Å². The summed E-state index contributed by atoms with van der Waals surface area (Å²) in [6, 6.07) is -0.512. The fraction of sp³-hybridized carbons (Fsp3) is 0.538. The maximum atomic E-state index is 13.1. The summed E-state index contributed by atoms with van der Waals surface area (Å²) >= 11 is 1.48. The van der Waals surface area contributed by atoms with Crippen LogP contribution in [0.1, 0.15) is 13.3 Å². The highest BCUT2D eigenvalue weighted by Gasteiger charge is 2.63. The molecule has 0 bridgehead atoms. The third-order valence-corrected chi connectivity index (χ3v) is 8.36. The van der Waals surface area contributed by atoms with Gasteiger partial charge in [-0.25, -0.2) is 24.4 Å². The van der Waals surface area contributed by atoms with Gasteiger partial charge in [-0.05, 0) is 13.3 Å². The van der Waals surface area contributed by atoms with Gasteiger partial charge < -0.3 is 24.1 Å². The van der Waals surface area contributed by atoms with Gasteiger partial charge in [-0.1, -0.05) is 38.0 Å². The zero-order valence-corrected chi connectivity index (χ0v) is 22.5. The first kappa shape index (κ1) is 28.7. The van der Waals surface area contributed by atoms with Crippen LogP contribution in [0.25, 0.3) is 0 Å². The Morgan fingerprint density at radius 2 is 1.62 bits per heavy atom. The number of β-lactam (4-membered cyclic amide) rings is 1. The minimum absolute atomic E-state index is 0.0247. The van der Waals surface area contributed by atoms with E-state index in [1.807, 2.05) is 0 Å². The van der Waals surface area contributed by atoms with Crippen molar-refractivity contribution in [2.45, 2.75) is 42.1 Å². The molecule has 1 N–H and O–H groups in total. The van der Waals surface area contributed by atoms with Gasteiger partial charge in [-0.15, -0.1) is 11.8 Å². The van der Waals surface area contributed by atoms with E-state index in [0.29, 0.717) is 18.6 Å². The van der Waals surface area contributed by atoms with Crippen molar-refractivity contribution in [1.82, 2.24) is 14.9 Å². The number of hydrogen-bond acceptors (Lipinski definition) is 10. The molecule has 1 unspecified atom stereocenters. The number of hydrogen-bond donors (Lipinski definition) is 1. The van der Waals surface area contributed by atoms with Crippen molar-refractivity contribution >= 4 is 35.8 Å². The lowest BCUT2D eigenvalue weighted by Crippen LogP contribution is -2.65. The van der Waals surface area contributed by atoms with Gasteiger partial charge in [0.15, 0.2) is 0 Å². The molecule has 3 saturated heterocycles. The molecule has 13 heteroatoms. The van der Waals surface area contributed by atoms with Gasteiger partial charge in [0.25, 0.3) is 0 Å². The molecule has 3 fully saturated rings. The van der Waals surface area contributed by atoms with Gasteiger partial charge in [0.05, 0.1) is 31.2 Å². The predicted molar refractivity (Wildman–Crippen MR) is 140 cm³/mol. The Kier molecular flexibility index (Phi) is 9.03.